The van der Waals surface area contributed by atoms with E-state index in [-0.39, 0.29) is 17.5 Å². The van der Waals surface area contributed by atoms with E-state index in [0.29, 0.717) is 36.7 Å². The SMILES string of the molecule is Cc1cc(OCCCc2c3n(c4c(-c5c(C)nn(C)c5C)c(Cl)ccc24)[C@H](C)CN(c2c(C)n(C)c4ccc(C(=O)O)cc24)C3=O)cc(C)c1Cl. The van der Waals surface area contributed by atoms with Crippen molar-refractivity contribution in [2.24, 2.45) is 14.1 Å². The molecule has 9 nitrogen and oxygen atoms in total. The molecule has 0 unspecified atom stereocenters. The molecular formula is C40H41Cl2N5O4. The second kappa shape index (κ2) is 12.8. The molecule has 0 spiro atoms. The minimum atomic E-state index is -1.01. The van der Waals surface area contributed by atoms with Crippen LogP contribution in [0.5, 0.6) is 5.75 Å². The Morgan fingerprint density at radius 2 is 1.67 bits per heavy atom. The summed E-state index contributed by atoms with van der Waals surface area (Å²) in [6.45, 7) is 12.9. The van der Waals surface area contributed by atoms with Crippen LogP contribution in [0.3, 0.4) is 0 Å². The highest BCUT2D eigenvalue weighted by Gasteiger charge is 2.38. The van der Waals surface area contributed by atoms with E-state index in [0.717, 1.165) is 83.2 Å². The Morgan fingerprint density at radius 3 is 2.31 bits per heavy atom. The molecule has 1 atom stereocenters. The fourth-order valence-electron chi connectivity index (χ4n) is 7.95. The molecule has 3 aromatic heterocycles. The Bertz CT molecular complexity index is 2410. The minimum absolute atomic E-state index is 0.137. The lowest BCUT2D eigenvalue weighted by atomic mass is 9.98. The van der Waals surface area contributed by atoms with Gasteiger partial charge in [-0.2, -0.15) is 5.10 Å². The highest BCUT2D eigenvalue weighted by atomic mass is 35.5. The van der Waals surface area contributed by atoms with Crippen molar-refractivity contribution in [3.05, 3.63) is 97.5 Å². The predicted molar refractivity (Wildman–Crippen MR) is 204 cm³/mol. The highest BCUT2D eigenvalue weighted by molar-refractivity contribution is 6.35. The fourth-order valence-corrected chi connectivity index (χ4v) is 8.30. The maximum Gasteiger partial charge on any atom is 0.335 e. The van der Waals surface area contributed by atoms with Gasteiger partial charge in [-0.05, 0) is 107 Å². The zero-order chi connectivity index (χ0) is 36.6. The van der Waals surface area contributed by atoms with E-state index in [1.165, 1.54) is 0 Å². The number of carbonyl (C=O) groups is 2. The number of carboxylic acids is 1. The number of carbonyl (C=O) groups excluding carboxylic acids is 1. The van der Waals surface area contributed by atoms with E-state index in [1.54, 1.807) is 12.1 Å². The number of aromatic nitrogens is 4. The number of halogens is 2. The molecule has 1 amide bonds. The first-order chi connectivity index (χ1) is 24.2. The zero-order valence-corrected chi connectivity index (χ0v) is 31.6. The van der Waals surface area contributed by atoms with Crippen LogP contribution in [-0.2, 0) is 20.5 Å². The average Bonchev–Trinajstić information content (AvgIpc) is 3.65. The molecule has 7 rings (SSSR count). The lowest BCUT2D eigenvalue weighted by Crippen LogP contribution is -2.43. The van der Waals surface area contributed by atoms with Gasteiger partial charge in [0.2, 0.25) is 0 Å². The second-order valence-corrected chi connectivity index (χ2v) is 14.6. The maximum absolute atomic E-state index is 15.1. The largest absolute Gasteiger partial charge is 0.494 e. The van der Waals surface area contributed by atoms with Gasteiger partial charge in [0.1, 0.15) is 11.4 Å². The van der Waals surface area contributed by atoms with Crippen LogP contribution in [0.2, 0.25) is 10.0 Å². The number of fused-ring (bicyclic) bond motifs is 4. The molecule has 0 saturated heterocycles. The summed E-state index contributed by atoms with van der Waals surface area (Å²) in [6, 6.07) is 12.8. The summed E-state index contributed by atoms with van der Waals surface area (Å²) in [5.41, 5.74) is 10.7. The third kappa shape index (κ3) is 5.49. The maximum atomic E-state index is 15.1. The molecule has 6 aromatic rings. The van der Waals surface area contributed by atoms with Crippen LogP contribution in [0.4, 0.5) is 5.69 Å². The van der Waals surface area contributed by atoms with Crippen molar-refractivity contribution in [1.29, 1.82) is 0 Å². The summed E-state index contributed by atoms with van der Waals surface area (Å²) < 4.78 is 12.3. The molecule has 4 heterocycles. The Kier molecular flexibility index (Phi) is 8.71. The van der Waals surface area contributed by atoms with Crippen molar-refractivity contribution in [3.63, 3.8) is 0 Å². The number of hydrogen-bond donors (Lipinski definition) is 1. The zero-order valence-electron chi connectivity index (χ0n) is 30.1. The molecule has 0 aliphatic carbocycles. The van der Waals surface area contributed by atoms with E-state index < -0.39 is 5.97 Å². The highest BCUT2D eigenvalue weighted by Crippen LogP contribution is 2.46. The van der Waals surface area contributed by atoms with Crippen LogP contribution in [0, 0.1) is 34.6 Å². The van der Waals surface area contributed by atoms with Gasteiger partial charge in [-0.1, -0.05) is 29.3 Å². The Balaban J connectivity index is 1.40. The first-order valence-corrected chi connectivity index (χ1v) is 17.9. The number of nitrogens with zero attached hydrogens (tertiary/aromatic N) is 5. The summed E-state index contributed by atoms with van der Waals surface area (Å²) in [5, 5.41) is 17.6. The fraction of sp³-hybridized carbons (Fsp3) is 0.325. The van der Waals surface area contributed by atoms with Gasteiger partial charge in [-0.3, -0.25) is 9.48 Å². The summed E-state index contributed by atoms with van der Waals surface area (Å²) in [5.74, 6) is -0.387. The first-order valence-electron chi connectivity index (χ1n) is 17.1. The first kappa shape index (κ1) is 34.7. The van der Waals surface area contributed by atoms with Crippen LogP contribution < -0.4 is 9.64 Å². The standard InChI is InChI=1S/C40H41Cl2N5O4/c1-20-16-27(17-21(2)35(20)42)51-15-9-10-28-29-12-13-31(41)34(33-23(4)43-45(8)24(33)5)37(29)47-22(3)19-46(39(48)38(28)47)36-25(6)44(7)32-14-11-26(40(49)50)18-30(32)36/h11-14,16-18,22H,9-10,15,19H2,1-8H3,(H,49,50)/t22-/m1/s1. The molecule has 3 aromatic carbocycles. The van der Waals surface area contributed by atoms with Crippen LogP contribution >= 0.6 is 23.2 Å². The third-order valence-corrected chi connectivity index (χ3v) is 11.5. The number of carboxylic acid groups (broad SMARTS) is 1. The molecule has 1 aliphatic heterocycles. The molecule has 0 saturated carbocycles. The second-order valence-electron chi connectivity index (χ2n) is 13.8. The van der Waals surface area contributed by atoms with Crippen LogP contribution in [0.15, 0.2) is 42.5 Å². The summed E-state index contributed by atoms with van der Waals surface area (Å²) in [7, 11) is 3.87. The molecule has 11 heteroatoms. The smallest absolute Gasteiger partial charge is 0.335 e. The van der Waals surface area contributed by atoms with E-state index in [9.17, 15) is 9.90 Å². The van der Waals surface area contributed by atoms with Crippen molar-refractivity contribution in [2.45, 2.75) is 60.4 Å². The van der Waals surface area contributed by atoms with Gasteiger partial charge in [-0.15, -0.1) is 0 Å². The quantitative estimate of drug-likeness (QED) is 0.158. The monoisotopic (exact) mass is 725 g/mol. The van der Waals surface area contributed by atoms with E-state index in [4.69, 9.17) is 33.0 Å². The van der Waals surface area contributed by atoms with E-state index in [2.05, 4.69) is 11.5 Å². The molecule has 0 radical (unpaired) electrons. The third-order valence-electron chi connectivity index (χ3n) is 10.5. The van der Waals surface area contributed by atoms with Gasteiger partial charge in [0.15, 0.2) is 0 Å². The van der Waals surface area contributed by atoms with Gasteiger partial charge < -0.3 is 23.9 Å². The number of rotatable bonds is 8. The van der Waals surface area contributed by atoms with Crippen LogP contribution in [-0.4, -0.2) is 49.0 Å². The molecular weight excluding hydrogens is 685 g/mol. The van der Waals surface area contributed by atoms with Crippen molar-refractivity contribution in [1.82, 2.24) is 18.9 Å². The summed E-state index contributed by atoms with van der Waals surface area (Å²) >= 11 is 13.5. The number of aryl methyl sites for hydroxylation is 6. The van der Waals surface area contributed by atoms with Crippen LogP contribution in [0.25, 0.3) is 32.9 Å². The lowest BCUT2D eigenvalue weighted by molar-refractivity contribution is 0.0696. The molecule has 0 fully saturated rings. The van der Waals surface area contributed by atoms with Crippen molar-refractivity contribution < 1.29 is 19.4 Å². The number of aromatic carboxylic acids is 1. The number of benzene rings is 3. The van der Waals surface area contributed by atoms with Gasteiger partial charge >= 0.3 is 5.97 Å². The molecule has 1 aliphatic rings. The number of ether oxygens (including phenoxy) is 1. The Labute approximate surface area is 306 Å². The van der Waals surface area contributed by atoms with E-state index >= 15 is 4.79 Å². The van der Waals surface area contributed by atoms with Crippen LogP contribution in [0.1, 0.15) is 74.0 Å². The van der Waals surface area contributed by atoms with Gasteiger partial charge in [0.25, 0.3) is 5.91 Å². The van der Waals surface area contributed by atoms with Gasteiger partial charge in [0.05, 0.1) is 39.6 Å². The summed E-state index contributed by atoms with van der Waals surface area (Å²) in [6.07, 6.45) is 1.24. The van der Waals surface area contributed by atoms with Gasteiger partial charge in [0, 0.05) is 65.0 Å². The van der Waals surface area contributed by atoms with Crippen molar-refractivity contribution in [2.75, 3.05) is 18.1 Å². The Morgan fingerprint density at radius 1 is 0.961 bits per heavy atom. The minimum Gasteiger partial charge on any atom is -0.494 e. The van der Waals surface area contributed by atoms with Crippen molar-refractivity contribution >= 4 is 62.6 Å². The molecule has 1 N–H and O–H groups in total. The topological polar surface area (TPSA) is 94.5 Å². The molecule has 51 heavy (non-hydrogen) atoms. The number of anilines is 1. The predicted octanol–water partition coefficient (Wildman–Crippen LogP) is 9.31. The van der Waals surface area contributed by atoms with Gasteiger partial charge in [-0.25, -0.2) is 4.79 Å². The summed E-state index contributed by atoms with van der Waals surface area (Å²) in [4.78, 5) is 28.9. The average molecular weight is 727 g/mol. The normalized spacial score (nSPS) is 14.6. The van der Waals surface area contributed by atoms with Crippen molar-refractivity contribution in [3.8, 4) is 16.9 Å². The van der Waals surface area contributed by atoms with E-state index in [1.807, 2.05) is 93.2 Å². The number of hydrogen-bond acceptors (Lipinski definition) is 4. The number of amides is 1. The molecule has 264 valence electrons. The Hall–Kier alpha value is -4.73. The lowest BCUT2D eigenvalue weighted by Gasteiger charge is -2.34. The molecule has 0 bridgehead atoms.